The van der Waals surface area contributed by atoms with E-state index in [0.717, 1.165) is 24.2 Å². The van der Waals surface area contributed by atoms with Gasteiger partial charge in [-0.2, -0.15) is 8.42 Å². The van der Waals surface area contributed by atoms with Gasteiger partial charge in [-0.3, -0.25) is 4.55 Å². The molecule has 0 spiro atoms. The van der Waals surface area contributed by atoms with Crippen LogP contribution in [0.3, 0.4) is 0 Å². The molecule has 22 heavy (non-hydrogen) atoms. The van der Waals surface area contributed by atoms with Crippen molar-refractivity contribution >= 4 is 10.1 Å². The minimum Gasteiger partial charge on any atom is -0.494 e. The zero-order valence-electron chi connectivity index (χ0n) is 12.5. The van der Waals surface area contributed by atoms with E-state index in [-0.39, 0.29) is 4.90 Å². The first kappa shape index (κ1) is 16.5. The van der Waals surface area contributed by atoms with Gasteiger partial charge in [-0.15, -0.1) is 0 Å². The molecule has 0 aromatic heterocycles. The third kappa shape index (κ3) is 4.86. The van der Waals surface area contributed by atoms with Crippen molar-refractivity contribution in [3.63, 3.8) is 0 Å². The Hall–Kier alpha value is -1.85. The van der Waals surface area contributed by atoms with Gasteiger partial charge in [-0.05, 0) is 49.9 Å². The second-order valence-corrected chi connectivity index (χ2v) is 6.59. The van der Waals surface area contributed by atoms with E-state index in [1.165, 1.54) is 6.07 Å². The highest BCUT2D eigenvalue weighted by atomic mass is 32.2. The Morgan fingerprint density at radius 3 is 2.45 bits per heavy atom. The largest absolute Gasteiger partial charge is 0.494 e. The zero-order chi connectivity index (χ0) is 16.0. The van der Waals surface area contributed by atoms with Crippen molar-refractivity contribution in [1.29, 1.82) is 0 Å². The molecule has 0 saturated carbocycles. The molecule has 0 atom stereocenters. The molecule has 2 aromatic carbocycles. The number of aryl methyl sites for hydroxylation is 2. The van der Waals surface area contributed by atoms with Crippen LogP contribution in [-0.4, -0.2) is 19.6 Å². The van der Waals surface area contributed by atoms with Crippen molar-refractivity contribution < 1.29 is 17.7 Å². The Balaban J connectivity index is 1.88. The van der Waals surface area contributed by atoms with Gasteiger partial charge in [0.1, 0.15) is 5.75 Å². The minimum absolute atomic E-state index is 0.00192. The lowest BCUT2D eigenvalue weighted by Gasteiger charge is -2.09. The van der Waals surface area contributed by atoms with Crippen molar-refractivity contribution in [2.24, 2.45) is 0 Å². The van der Waals surface area contributed by atoms with E-state index in [1.54, 1.807) is 12.1 Å². The van der Waals surface area contributed by atoms with Crippen LogP contribution >= 0.6 is 0 Å². The summed E-state index contributed by atoms with van der Waals surface area (Å²) in [4.78, 5) is 0.00192. The molecular formula is C17H20O4S. The van der Waals surface area contributed by atoms with Crippen molar-refractivity contribution in [2.45, 2.75) is 31.1 Å². The highest BCUT2D eigenvalue weighted by Gasteiger charge is 2.14. The van der Waals surface area contributed by atoms with E-state index in [2.05, 4.69) is 0 Å². The van der Waals surface area contributed by atoms with Gasteiger partial charge in [0.25, 0.3) is 10.1 Å². The molecule has 0 bridgehead atoms. The minimum atomic E-state index is -4.17. The first-order valence-electron chi connectivity index (χ1n) is 7.22. The molecule has 0 aliphatic heterocycles. The van der Waals surface area contributed by atoms with Crippen LogP contribution < -0.4 is 4.74 Å². The van der Waals surface area contributed by atoms with Gasteiger partial charge in [0.2, 0.25) is 0 Å². The molecule has 0 unspecified atom stereocenters. The van der Waals surface area contributed by atoms with Gasteiger partial charge in [0, 0.05) is 0 Å². The maximum absolute atomic E-state index is 11.4. The number of para-hydroxylation sites is 1. The summed E-state index contributed by atoms with van der Waals surface area (Å²) < 4.78 is 37.6. The standard InChI is InChI=1S/C17H20O4S/c1-14-10-11-17(22(18,19)20)15(13-14)7-5-6-12-21-16-8-3-2-4-9-16/h2-4,8-11,13H,5-7,12H2,1H3,(H,18,19,20). The first-order chi connectivity index (χ1) is 10.5. The molecule has 0 saturated heterocycles. The summed E-state index contributed by atoms with van der Waals surface area (Å²) in [6, 6.07) is 14.5. The fourth-order valence-electron chi connectivity index (χ4n) is 2.28. The second kappa shape index (κ2) is 7.42. The molecular weight excluding hydrogens is 300 g/mol. The summed E-state index contributed by atoms with van der Waals surface area (Å²) in [5, 5.41) is 0. The van der Waals surface area contributed by atoms with Crippen molar-refractivity contribution in [3.8, 4) is 5.75 Å². The van der Waals surface area contributed by atoms with Crippen LogP contribution in [0.2, 0.25) is 0 Å². The predicted molar refractivity (Wildman–Crippen MR) is 85.9 cm³/mol. The Bertz CT molecular complexity index is 709. The fourth-order valence-corrected chi connectivity index (χ4v) is 3.01. The number of rotatable bonds is 7. The third-order valence-corrected chi connectivity index (χ3v) is 4.30. The van der Waals surface area contributed by atoms with Gasteiger partial charge < -0.3 is 4.74 Å². The summed E-state index contributed by atoms with van der Waals surface area (Å²) in [7, 11) is -4.17. The van der Waals surface area contributed by atoms with Crippen molar-refractivity contribution in [3.05, 3.63) is 59.7 Å². The van der Waals surface area contributed by atoms with E-state index in [9.17, 15) is 13.0 Å². The van der Waals surface area contributed by atoms with E-state index >= 15 is 0 Å². The van der Waals surface area contributed by atoms with Gasteiger partial charge in [0.05, 0.1) is 11.5 Å². The maximum Gasteiger partial charge on any atom is 0.294 e. The normalized spacial score (nSPS) is 11.4. The molecule has 4 nitrogen and oxygen atoms in total. The molecule has 0 aliphatic rings. The number of benzene rings is 2. The molecule has 0 aliphatic carbocycles. The lowest BCUT2D eigenvalue weighted by molar-refractivity contribution is 0.307. The number of hydrogen-bond donors (Lipinski definition) is 1. The second-order valence-electron chi connectivity index (χ2n) is 5.20. The van der Waals surface area contributed by atoms with E-state index in [0.29, 0.717) is 18.6 Å². The molecule has 0 radical (unpaired) electrons. The van der Waals surface area contributed by atoms with E-state index in [4.69, 9.17) is 4.74 Å². The Morgan fingerprint density at radius 1 is 1.05 bits per heavy atom. The smallest absolute Gasteiger partial charge is 0.294 e. The highest BCUT2D eigenvalue weighted by molar-refractivity contribution is 7.85. The van der Waals surface area contributed by atoms with Crippen LogP contribution in [-0.2, 0) is 16.5 Å². The molecule has 5 heteroatoms. The average molecular weight is 320 g/mol. The van der Waals surface area contributed by atoms with Crippen LogP contribution in [0.4, 0.5) is 0 Å². The molecule has 0 heterocycles. The Morgan fingerprint density at radius 2 is 1.77 bits per heavy atom. The fraction of sp³-hybridized carbons (Fsp3) is 0.294. The number of unbranched alkanes of at least 4 members (excludes halogenated alkanes) is 1. The molecule has 0 fully saturated rings. The van der Waals surface area contributed by atoms with E-state index in [1.807, 2.05) is 37.3 Å². The van der Waals surface area contributed by atoms with Crippen molar-refractivity contribution in [2.75, 3.05) is 6.61 Å². The molecule has 0 amide bonds. The Labute approximate surface area is 131 Å². The van der Waals surface area contributed by atoms with Gasteiger partial charge in [-0.25, -0.2) is 0 Å². The summed E-state index contributed by atoms with van der Waals surface area (Å²) >= 11 is 0. The van der Waals surface area contributed by atoms with Crippen LogP contribution in [0.1, 0.15) is 24.0 Å². The molecule has 118 valence electrons. The zero-order valence-corrected chi connectivity index (χ0v) is 13.3. The lowest BCUT2D eigenvalue weighted by Crippen LogP contribution is -2.05. The quantitative estimate of drug-likeness (QED) is 0.625. The summed E-state index contributed by atoms with van der Waals surface area (Å²) in [5.41, 5.74) is 1.63. The SMILES string of the molecule is Cc1ccc(S(=O)(=O)O)c(CCCCOc2ccccc2)c1. The molecule has 2 rings (SSSR count). The van der Waals surface area contributed by atoms with Gasteiger partial charge in [-0.1, -0.05) is 35.9 Å². The van der Waals surface area contributed by atoms with Crippen LogP contribution in [0.15, 0.2) is 53.4 Å². The Kier molecular flexibility index (Phi) is 5.57. The van der Waals surface area contributed by atoms with Gasteiger partial charge in [0.15, 0.2) is 0 Å². The van der Waals surface area contributed by atoms with Crippen LogP contribution in [0.5, 0.6) is 5.75 Å². The number of ether oxygens (including phenoxy) is 1. The summed E-state index contributed by atoms with van der Waals surface area (Å²) in [6.45, 7) is 2.48. The average Bonchev–Trinajstić information content (AvgIpc) is 2.47. The summed E-state index contributed by atoms with van der Waals surface area (Å²) in [6.07, 6.45) is 2.20. The summed E-state index contributed by atoms with van der Waals surface area (Å²) in [5.74, 6) is 0.830. The maximum atomic E-state index is 11.4. The van der Waals surface area contributed by atoms with Crippen LogP contribution in [0, 0.1) is 6.92 Å². The lowest BCUT2D eigenvalue weighted by atomic mass is 10.1. The topological polar surface area (TPSA) is 63.6 Å². The van der Waals surface area contributed by atoms with Crippen molar-refractivity contribution in [1.82, 2.24) is 0 Å². The first-order valence-corrected chi connectivity index (χ1v) is 8.66. The van der Waals surface area contributed by atoms with E-state index < -0.39 is 10.1 Å². The van der Waals surface area contributed by atoms with Gasteiger partial charge >= 0.3 is 0 Å². The molecule has 1 N–H and O–H groups in total. The molecule has 2 aromatic rings. The van der Waals surface area contributed by atoms with Crippen LogP contribution in [0.25, 0.3) is 0 Å². The third-order valence-electron chi connectivity index (χ3n) is 3.35. The monoisotopic (exact) mass is 320 g/mol. The highest BCUT2D eigenvalue weighted by Crippen LogP contribution is 2.19. The predicted octanol–water partition coefficient (Wildman–Crippen LogP) is 3.64. The number of hydrogen-bond acceptors (Lipinski definition) is 3.